The first-order chi connectivity index (χ1) is 31.6. The molecular weight excluding hydrogens is 851 g/mol. The number of benzene rings is 4. The number of phenolic OH excluding ortho intramolecular Hbond substituents is 2. The molecule has 340 valence electrons. The van der Waals surface area contributed by atoms with Crippen LogP contribution in [0.2, 0.25) is 0 Å². The Bertz CT molecular complexity index is 2780. The van der Waals surface area contributed by atoms with Crippen LogP contribution in [0, 0.1) is 0 Å². The van der Waals surface area contributed by atoms with Crippen LogP contribution in [-0.4, -0.2) is 125 Å². The molecule has 8 rings (SSSR count). The summed E-state index contributed by atoms with van der Waals surface area (Å²) in [5, 5.41) is 45.0. The lowest BCUT2D eigenvalue weighted by molar-refractivity contribution is -0.136. The lowest BCUT2D eigenvalue weighted by Gasteiger charge is -2.35. The molecule has 3 aliphatic heterocycles. The largest absolute Gasteiger partial charge is 0.508 e. The van der Waals surface area contributed by atoms with E-state index in [9.17, 15) is 48.9 Å². The zero-order valence-electron chi connectivity index (χ0n) is 36.4. The summed E-state index contributed by atoms with van der Waals surface area (Å²) in [6.45, 7) is 6.83. The molecule has 66 heavy (non-hydrogen) atoms. The van der Waals surface area contributed by atoms with Crippen molar-refractivity contribution in [2.75, 3.05) is 37.6 Å². The van der Waals surface area contributed by atoms with Crippen LogP contribution < -0.4 is 15.5 Å². The van der Waals surface area contributed by atoms with Crippen LogP contribution >= 0.6 is 0 Å². The molecular formula is C47H47N9O10. The number of aromatic nitrogens is 3. The first-order valence-corrected chi connectivity index (χ1v) is 21.5. The van der Waals surface area contributed by atoms with Crippen molar-refractivity contribution in [3.05, 3.63) is 118 Å². The lowest BCUT2D eigenvalue weighted by atomic mass is 9.98. The van der Waals surface area contributed by atoms with Gasteiger partial charge in [-0.2, -0.15) is 0 Å². The standard InChI is InChI=1S/C47H47N9O10/c1-4-48-43(61)41-51-50-40(33-22-32(26(2)3)37(57)23-38(33)58)56(41)30-14-12-29(13-15-30)45(63)53-20-18-52(19-21-53)44(62)28-10-8-27(9-11-28)24-55(47(65)66)35-7-5-6-31-34(35)25-54(46(31)64)36-16-17-39(59)49-42(36)60/h5-15,22-23,26,36,57-58H,4,16-21,24-25H2,1-3H3,(H,48,61)(H,65,66)(H,49,59,60). The maximum atomic E-state index is 13.7. The summed E-state index contributed by atoms with van der Waals surface area (Å²) in [4.78, 5) is 96.5. The molecule has 0 radical (unpaired) electrons. The van der Waals surface area contributed by atoms with Gasteiger partial charge in [-0.25, -0.2) is 4.79 Å². The number of piperidine rings is 1. The number of hydrogen-bond donors (Lipinski definition) is 5. The molecule has 0 aliphatic carbocycles. The lowest BCUT2D eigenvalue weighted by Crippen LogP contribution is -2.52. The van der Waals surface area contributed by atoms with Crippen LogP contribution in [0.15, 0.2) is 78.9 Å². The van der Waals surface area contributed by atoms with Gasteiger partial charge in [0.1, 0.15) is 17.5 Å². The summed E-state index contributed by atoms with van der Waals surface area (Å²) < 4.78 is 1.48. The van der Waals surface area contributed by atoms with Gasteiger partial charge >= 0.3 is 6.09 Å². The minimum atomic E-state index is -1.26. The molecule has 5 N–H and O–H groups in total. The number of anilines is 1. The molecule has 4 heterocycles. The number of aromatic hydroxyl groups is 2. The Morgan fingerprint density at radius 1 is 0.833 bits per heavy atom. The maximum Gasteiger partial charge on any atom is 0.412 e. The Balaban J connectivity index is 0.915. The molecule has 0 spiro atoms. The third-order valence-electron chi connectivity index (χ3n) is 12.1. The van der Waals surface area contributed by atoms with Crippen molar-refractivity contribution >= 4 is 47.2 Å². The molecule has 2 fully saturated rings. The zero-order valence-corrected chi connectivity index (χ0v) is 36.4. The highest BCUT2D eigenvalue weighted by Gasteiger charge is 2.41. The molecule has 19 nitrogen and oxygen atoms in total. The Morgan fingerprint density at radius 2 is 1.47 bits per heavy atom. The smallest absolute Gasteiger partial charge is 0.412 e. The first-order valence-electron chi connectivity index (χ1n) is 21.5. The fourth-order valence-corrected chi connectivity index (χ4v) is 8.57. The van der Waals surface area contributed by atoms with E-state index in [1.54, 1.807) is 89.5 Å². The van der Waals surface area contributed by atoms with Gasteiger partial charge in [0.05, 0.1) is 17.8 Å². The van der Waals surface area contributed by atoms with E-state index in [4.69, 9.17) is 0 Å². The van der Waals surface area contributed by atoms with Gasteiger partial charge in [-0.1, -0.05) is 32.0 Å². The van der Waals surface area contributed by atoms with E-state index in [-0.39, 0.29) is 110 Å². The summed E-state index contributed by atoms with van der Waals surface area (Å²) in [7, 11) is 0. The van der Waals surface area contributed by atoms with Crippen LogP contribution in [0.25, 0.3) is 17.1 Å². The van der Waals surface area contributed by atoms with Crippen molar-refractivity contribution in [3.8, 4) is 28.6 Å². The Kier molecular flexibility index (Phi) is 12.3. The second kappa shape index (κ2) is 18.2. The number of carbonyl (C=O) groups excluding carboxylic acids is 6. The normalized spacial score (nSPS) is 16.0. The van der Waals surface area contributed by atoms with Gasteiger partial charge in [0.15, 0.2) is 5.82 Å². The zero-order chi connectivity index (χ0) is 47.0. The number of carboxylic acid groups (broad SMARTS) is 1. The number of phenols is 2. The van der Waals surface area contributed by atoms with E-state index in [0.717, 1.165) is 4.90 Å². The molecule has 19 heteroatoms. The number of hydrogen-bond acceptors (Lipinski definition) is 11. The SMILES string of the molecule is CCNC(=O)c1nnc(-c2cc(C(C)C)c(O)cc2O)n1-c1ccc(C(=O)N2CCN(C(=O)c3ccc(CN(C(=O)O)c4cccc5c4CN(C4CCC(=O)NC4=O)C5=O)cc3)CC2)cc1. The number of fused-ring (bicyclic) bond motifs is 1. The van der Waals surface area contributed by atoms with Gasteiger partial charge in [0, 0.05) is 79.7 Å². The van der Waals surface area contributed by atoms with Crippen molar-refractivity contribution in [1.82, 2.24) is 40.1 Å². The summed E-state index contributed by atoms with van der Waals surface area (Å²) in [6.07, 6.45) is -1.00. The molecule has 0 saturated carbocycles. The number of piperazine rings is 1. The van der Waals surface area contributed by atoms with E-state index in [1.165, 1.54) is 15.5 Å². The Hall–Kier alpha value is -8.09. The van der Waals surface area contributed by atoms with E-state index < -0.39 is 35.8 Å². The van der Waals surface area contributed by atoms with Gasteiger partial charge in [-0.3, -0.25) is 43.6 Å². The highest BCUT2D eigenvalue weighted by atomic mass is 16.4. The molecule has 5 aromatic rings. The number of carbonyl (C=O) groups is 7. The average Bonchev–Trinajstić information content (AvgIpc) is 3.89. The van der Waals surface area contributed by atoms with Crippen LogP contribution in [-0.2, 0) is 22.7 Å². The second-order valence-corrected chi connectivity index (χ2v) is 16.5. The highest BCUT2D eigenvalue weighted by Crippen LogP contribution is 2.39. The van der Waals surface area contributed by atoms with E-state index >= 15 is 0 Å². The van der Waals surface area contributed by atoms with E-state index in [1.807, 2.05) is 13.8 Å². The minimum absolute atomic E-state index is 0.000305. The monoisotopic (exact) mass is 897 g/mol. The summed E-state index contributed by atoms with van der Waals surface area (Å²) in [5.41, 5.74) is 3.61. The van der Waals surface area contributed by atoms with Crippen molar-refractivity contribution in [2.45, 2.75) is 58.7 Å². The number of rotatable bonds is 11. The quantitative estimate of drug-likeness (QED) is 0.117. The summed E-state index contributed by atoms with van der Waals surface area (Å²) in [5.74, 6) is -2.72. The topological polar surface area (TPSA) is 248 Å². The minimum Gasteiger partial charge on any atom is -0.508 e. The molecule has 2 saturated heterocycles. The van der Waals surface area contributed by atoms with Gasteiger partial charge in [0.2, 0.25) is 17.6 Å². The molecule has 1 unspecified atom stereocenters. The molecule has 3 aliphatic rings. The molecule has 7 amide bonds. The first kappa shape index (κ1) is 44.5. The van der Waals surface area contributed by atoms with E-state index in [2.05, 4.69) is 20.8 Å². The molecule has 4 aromatic carbocycles. The van der Waals surface area contributed by atoms with Gasteiger partial charge in [-0.15, -0.1) is 10.2 Å². The van der Waals surface area contributed by atoms with Crippen LogP contribution in [0.4, 0.5) is 10.5 Å². The highest BCUT2D eigenvalue weighted by molar-refractivity contribution is 6.07. The van der Waals surface area contributed by atoms with Crippen molar-refractivity contribution in [3.63, 3.8) is 0 Å². The Labute approximate surface area is 378 Å². The van der Waals surface area contributed by atoms with Gasteiger partial charge in [-0.05, 0) is 85.0 Å². The maximum absolute atomic E-state index is 13.7. The number of imide groups is 1. The van der Waals surface area contributed by atoms with Crippen LogP contribution in [0.1, 0.15) is 97.9 Å². The predicted molar refractivity (Wildman–Crippen MR) is 237 cm³/mol. The van der Waals surface area contributed by atoms with Crippen molar-refractivity contribution in [2.24, 2.45) is 0 Å². The average molecular weight is 898 g/mol. The van der Waals surface area contributed by atoms with Crippen LogP contribution in [0.3, 0.4) is 0 Å². The van der Waals surface area contributed by atoms with E-state index in [0.29, 0.717) is 40.0 Å². The Morgan fingerprint density at radius 3 is 2.06 bits per heavy atom. The molecule has 0 bridgehead atoms. The fourth-order valence-electron chi connectivity index (χ4n) is 8.57. The van der Waals surface area contributed by atoms with Crippen molar-refractivity contribution < 1.29 is 48.9 Å². The fraction of sp³-hybridized carbons (Fsp3) is 0.298. The molecule has 1 aromatic heterocycles. The number of nitrogens with one attached hydrogen (secondary N) is 2. The summed E-state index contributed by atoms with van der Waals surface area (Å²) >= 11 is 0. The third-order valence-corrected chi connectivity index (χ3v) is 12.1. The van der Waals surface area contributed by atoms with Crippen LogP contribution in [0.5, 0.6) is 11.5 Å². The molecule has 1 atom stereocenters. The summed E-state index contributed by atoms with van der Waals surface area (Å²) in [6, 6.07) is 19.8. The number of amides is 7. The predicted octanol–water partition coefficient (Wildman–Crippen LogP) is 4.26. The second-order valence-electron chi connectivity index (χ2n) is 16.5. The number of nitrogens with zero attached hydrogens (tertiary/aromatic N) is 7. The van der Waals surface area contributed by atoms with Gasteiger partial charge in [0.25, 0.3) is 23.6 Å². The van der Waals surface area contributed by atoms with Crippen molar-refractivity contribution in [1.29, 1.82) is 0 Å². The van der Waals surface area contributed by atoms with Gasteiger partial charge < -0.3 is 35.3 Å². The third kappa shape index (κ3) is 8.49.